The Balaban J connectivity index is 1.93. The van der Waals surface area contributed by atoms with E-state index < -0.39 is 11.7 Å². The number of rotatable bonds is 5. The van der Waals surface area contributed by atoms with Gasteiger partial charge in [-0.1, -0.05) is 24.3 Å². The van der Waals surface area contributed by atoms with Gasteiger partial charge in [-0.2, -0.15) is 0 Å². The molecule has 2 aromatic carbocycles. The molecule has 0 aliphatic rings. The van der Waals surface area contributed by atoms with Crippen molar-refractivity contribution in [2.24, 2.45) is 0 Å². The highest BCUT2D eigenvalue weighted by molar-refractivity contribution is 6.03. The SMILES string of the molecule is CCN(c1cccc(C)c1)c1cc(C(=O)Nc2ccccc2F)nc(C)n1. The third-order valence-electron chi connectivity index (χ3n) is 4.09. The fourth-order valence-corrected chi connectivity index (χ4v) is 2.83. The highest BCUT2D eigenvalue weighted by atomic mass is 19.1. The number of nitrogens with one attached hydrogen (secondary N) is 1. The first kappa shape index (κ1) is 18.5. The number of aromatic nitrogens is 2. The lowest BCUT2D eigenvalue weighted by atomic mass is 10.2. The average molecular weight is 364 g/mol. The molecule has 0 saturated heterocycles. The number of aryl methyl sites for hydroxylation is 2. The topological polar surface area (TPSA) is 58.1 Å². The van der Waals surface area contributed by atoms with Gasteiger partial charge in [-0.05, 0) is 50.6 Å². The van der Waals surface area contributed by atoms with Crippen LogP contribution < -0.4 is 10.2 Å². The van der Waals surface area contributed by atoms with Crippen LogP contribution in [0.5, 0.6) is 0 Å². The van der Waals surface area contributed by atoms with Crippen LogP contribution in [0.3, 0.4) is 0 Å². The normalized spacial score (nSPS) is 10.5. The van der Waals surface area contributed by atoms with E-state index in [1.165, 1.54) is 12.1 Å². The molecule has 0 aliphatic heterocycles. The van der Waals surface area contributed by atoms with Crippen LogP contribution in [0.2, 0.25) is 0 Å². The molecule has 0 fully saturated rings. The van der Waals surface area contributed by atoms with Crippen molar-refractivity contribution >= 4 is 23.1 Å². The van der Waals surface area contributed by atoms with Gasteiger partial charge in [0.15, 0.2) is 0 Å². The number of carbonyl (C=O) groups is 1. The largest absolute Gasteiger partial charge is 0.327 e. The summed E-state index contributed by atoms with van der Waals surface area (Å²) in [6.07, 6.45) is 0. The van der Waals surface area contributed by atoms with Crippen molar-refractivity contribution in [2.45, 2.75) is 20.8 Å². The van der Waals surface area contributed by atoms with Crippen molar-refractivity contribution in [3.05, 3.63) is 77.5 Å². The van der Waals surface area contributed by atoms with E-state index in [0.29, 0.717) is 18.2 Å². The molecule has 0 unspecified atom stereocenters. The maximum absolute atomic E-state index is 13.8. The molecule has 0 aliphatic carbocycles. The number of hydrogen-bond acceptors (Lipinski definition) is 4. The average Bonchev–Trinajstić information content (AvgIpc) is 2.64. The summed E-state index contributed by atoms with van der Waals surface area (Å²) in [4.78, 5) is 23.3. The van der Waals surface area contributed by atoms with Crippen LogP contribution in [0.15, 0.2) is 54.6 Å². The van der Waals surface area contributed by atoms with Crippen LogP contribution in [0.4, 0.5) is 21.6 Å². The fraction of sp³-hybridized carbons (Fsp3) is 0.190. The first-order valence-corrected chi connectivity index (χ1v) is 8.73. The quantitative estimate of drug-likeness (QED) is 0.716. The summed E-state index contributed by atoms with van der Waals surface area (Å²) in [5.74, 6) is 0.116. The molecule has 0 radical (unpaired) electrons. The second-order valence-corrected chi connectivity index (χ2v) is 6.18. The number of nitrogens with zero attached hydrogens (tertiary/aromatic N) is 3. The molecule has 1 N–H and O–H groups in total. The van der Waals surface area contributed by atoms with E-state index >= 15 is 0 Å². The zero-order chi connectivity index (χ0) is 19.4. The van der Waals surface area contributed by atoms with Gasteiger partial charge in [0.25, 0.3) is 5.91 Å². The summed E-state index contributed by atoms with van der Waals surface area (Å²) in [6.45, 7) is 6.44. The van der Waals surface area contributed by atoms with Gasteiger partial charge in [-0.25, -0.2) is 14.4 Å². The molecule has 5 nitrogen and oxygen atoms in total. The van der Waals surface area contributed by atoms with Crippen LogP contribution in [0.1, 0.15) is 28.8 Å². The molecule has 27 heavy (non-hydrogen) atoms. The van der Waals surface area contributed by atoms with E-state index in [9.17, 15) is 9.18 Å². The van der Waals surface area contributed by atoms with Gasteiger partial charge in [0, 0.05) is 18.3 Å². The lowest BCUT2D eigenvalue weighted by molar-refractivity contribution is 0.102. The highest BCUT2D eigenvalue weighted by Crippen LogP contribution is 2.25. The smallest absolute Gasteiger partial charge is 0.274 e. The summed E-state index contributed by atoms with van der Waals surface area (Å²) in [5, 5.41) is 2.56. The minimum atomic E-state index is -0.494. The first-order valence-electron chi connectivity index (χ1n) is 8.73. The van der Waals surface area contributed by atoms with Crippen molar-refractivity contribution in [1.29, 1.82) is 0 Å². The zero-order valence-corrected chi connectivity index (χ0v) is 15.5. The zero-order valence-electron chi connectivity index (χ0n) is 15.5. The van der Waals surface area contributed by atoms with Crippen LogP contribution >= 0.6 is 0 Å². The Kier molecular flexibility index (Phi) is 5.45. The minimum Gasteiger partial charge on any atom is -0.327 e. The van der Waals surface area contributed by atoms with E-state index in [-0.39, 0.29) is 11.4 Å². The Morgan fingerprint density at radius 1 is 1.07 bits per heavy atom. The number of hydrogen-bond donors (Lipinski definition) is 1. The van der Waals surface area contributed by atoms with Gasteiger partial charge in [0.1, 0.15) is 23.2 Å². The third-order valence-corrected chi connectivity index (χ3v) is 4.09. The molecular formula is C21H21FN4O. The molecule has 0 atom stereocenters. The number of para-hydroxylation sites is 1. The van der Waals surface area contributed by atoms with Gasteiger partial charge in [-0.15, -0.1) is 0 Å². The van der Waals surface area contributed by atoms with Gasteiger partial charge in [0.05, 0.1) is 5.69 Å². The van der Waals surface area contributed by atoms with Crippen molar-refractivity contribution in [3.63, 3.8) is 0 Å². The van der Waals surface area contributed by atoms with Gasteiger partial charge < -0.3 is 10.2 Å². The van der Waals surface area contributed by atoms with E-state index in [1.807, 2.05) is 36.9 Å². The number of carbonyl (C=O) groups excluding carboxylic acids is 1. The summed E-state index contributed by atoms with van der Waals surface area (Å²) >= 11 is 0. The molecule has 1 amide bonds. The van der Waals surface area contributed by atoms with E-state index in [0.717, 1.165) is 11.3 Å². The predicted molar refractivity (Wildman–Crippen MR) is 105 cm³/mol. The summed E-state index contributed by atoms with van der Waals surface area (Å²) in [7, 11) is 0. The molecule has 3 rings (SSSR count). The second kappa shape index (κ2) is 7.95. The monoisotopic (exact) mass is 364 g/mol. The third kappa shape index (κ3) is 4.28. The minimum absolute atomic E-state index is 0.117. The molecule has 1 heterocycles. The Hall–Kier alpha value is -3.28. The Morgan fingerprint density at radius 3 is 2.56 bits per heavy atom. The van der Waals surface area contributed by atoms with E-state index in [2.05, 4.69) is 21.4 Å². The molecule has 0 spiro atoms. The number of amides is 1. The van der Waals surface area contributed by atoms with Crippen LogP contribution in [-0.4, -0.2) is 22.4 Å². The van der Waals surface area contributed by atoms with Crippen molar-refractivity contribution in [2.75, 3.05) is 16.8 Å². The highest BCUT2D eigenvalue weighted by Gasteiger charge is 2.16. The van der Waals surface area contributed by atoms with Gasteiger partial charge in [0.2, 0.25) is 0 Å². The maximum atomic E-state index is 13.8. The van der Waals surface area contributed by atoms with Crippen molar-refractivity contribution in [1.82, 2.24) is 9.97 Å². The van der Waals surface area contributed by atoms with Crippen molar-refractivity contribution in [3.8, 4) is 0 Å². The summed E-state index contributed by atoms with van der Waals surface area (Å²) < 4.78 is 13.8. The second-order valence-electron chi connectivity index (χ2n) is 6.18. The van der Waals surface area contributed by atoms with Crippen LogP contribution in [0, 0.1) is 19.7 Å². The van der Waals surface area contributed by atoms with Crippen LogP contribution in [0.25, 0.3) is 0 Å². The molecular weight excluding hydrogens is 343 g/mol. The first-order chi connectivity index (χ1) is 13.0. The summed E-state index contributed by atoms with van der Waals surface area (Å²) in [6, 6.07) is 15.7. The molecule has 3 aromatic rings. The van der Waals surface area contributed by atoms with E-state index in [1.54, 1.807) is 25.1 Å². The number of anilines is 3. The fourth-order valence-electron chi connectivity index (χ4n) is 2.83. The molecule has 0 bridgehead atoms. The van der Waals surface area contributed by atoms with Gasteiger partial charge >= 0.3 is 0 Å². The number of benzene rings is 2. The van der Waals surface area contributed by atoms with E-state index in [4.69, 9.17) is 0 Å². The Bertz CT molecular complexity index is 974. The van der Waals surface area contributed by atoms with Gasteiger partial charge in [-0.3, -0.25) is 4.79 Å². The summed E-state index contributed by atoms with van der Waals surface area (Å²) in [5.41, 5.74) is 2.42. The predicted octanol–water partition coefficient (Wildman–Crippen LogP) is 4.64. The maximum Gasteiger partial charge on any atom is 0.274 e. The lowest BCUT2D eigenvalue weighted by Crippen LogP contribution is -2.21. The Labute approximate surface area is 157 Å². The lowest BCUT2D eigenvalue weighted by Gasteiger charge is -2.23. The Morgan fingerprint density at radius 2 is 1.85 bits per heavy atom. The molecule has 0 saturated carbocycles. The molecule has 138 valence electrons. The number of halogens is 1. The standard InChI is InChI=1S/C21H21FN4O/c1-4-26(16-9-7-8-14(2)12-16)20-13-19(23-15(3)24-20)21(27)25-18-11-6-5-10-17(18)22/h5-13H,4H2,1-3H3,(H,25,27). The molecule has 6 heteroatoms. The molecule has 1 aromatic heterocycles. The van der Waals surface area contributed by atoms with Crippen molar-refractivity contribution < 1.29 is 9.18 Å². The van der Waals surface area contributed by atoms with Crippen LogP contribution in [-0.2, 0) is 0 Å².